The maximum atomic E-state index is 10.2. The lowest BCUT2D eigenvalue weighted by Crippen LogP contribution is -1.95. The standard InChI is InChI=1S/C6H6ClNO2S/c1-2-4-3-11-6(8-4)10-5(7)9/h3H,2H2,1H3. The zero-order chi connectivity index (χ0) is 8.27. The van der Waals surface area contributed by atoms with Gasteiger partial charge in [-0.15, -0.1) is 0 Å². The number of hydrogen-bond acceptors (Lipinski definition) is 4. The number of aromatic nitrogens is 1. The van der Waals surface area contributed by atoms with Crippen LogP contribution in [-0.2, 0) is 6.42 Å². The Morgan fingerprint density at radius 3 is 3.09 bits per heavy atom. The van der Waals surface area contributed by atoms with Crippen LogP contribution in [0.15, 0.2) is 5.38 Å². The van der Waals surface area contributed by atoms with Gasteiger partial charge >= 0.3 is 5.43 Å². The summed E-state index contributed by atoms with van der Waals surface area (Å²) in [5, 5.41) is 2.14. The third kappa shape index (κ3) is 2.48. The molecule has 1 heterocycles. The third-order valence-electron chi connectivity index (χ3n) is 1.06. The predicted octanol–water partition coefficient (Wildman–Crippen LogP) is 2.44. The number of nitrogens with zero attached hydrogens (tertiary/aromatic N) is 1. The van der Waals surface area contributed by atoms with Gasteiger partial charge in [-0.3, -0.25) is 0 Å². The lowest BCUT2D eigenvalue weighted by molar-refractivity contribution is 0.225. The van der Waals surface area contributed by atoms with E-state index in [1.807, 2.05) is 12.3 Å². The van der Waals surface area contributed by atoms with Gasteiger partial charge in [-0.25, -0.2) is 9.78 Å². The highest BCUT2D eigenvalue weighted by molar-refractivity contribution is 7.11. The number of ether oxygens (including phenoxy) is 1. The molecule has 0 bridgehead atoms. The molecule has 0 saturated carbocycles. The average molecular weight is 192 g/mol. The fraction of sp³-hybridized carbons (Fsp3) is 0.333. The van der Waals surface area contributed by atoms with Gasteiger partial charge in [0.05, 0.1) is 5.69 Å². The van der Waals surface area contributed by atoms with Gasteiger partial charge in [0, 0.05) is 17.0 Å². The Hall–Kier alpha value is -0.610. The van der Waals surface area contributed by atoms with E-state index < -0.39 is 5.43 Å². The molecule has 3 nitrogen and oxygen atoms in total. The van der Waals surface area contributed by atoms with Crippen LogP contribution in [0.25, 0.3) is 0 Å². The Bertz CT molecular complexity index is 261. The summed E-state index contributed by atoms with van der Waals surface area (Å²) in [6, 6.07) is 0. The van der Waals surface area contributed by atoms with Crippen LogP contribution in [0.3, 0.4) is 0 Å². The Balaban J connectivity index is 2.65. The van der Waals surface area contributed by atoms with E-state index in [0.29, 0.717) is 5.19 Å². The summed E-state index contributed by atoms with van der Waals surface area (Å²) in [5.41, 5.74) is 0.0601. The van der Waals surface area contributed by atoms with Crippen LogP contribution < -0.4 is 4.74 Å². The van der Waals surface area contributed by atoms with Crippen LogP contribution in [0.2, 0.25) is 0 Å². The van der Waals surface area contributed by atoms with Gasteiger partial charge < -0.3 is 4.74 Å². The highest BCUT2D eigenvalue weighted by atomic mass is 35.5. The van der Waals surface area contributed by atoms with Crippen molar-refractivity contribution >= 4 is 28.4 Å². The molecule has 1 aromatic heterocycles. The molecular formula is C6H6ClNO2S. The maximum Gasteiger partial charge on any atom is 0.411 e. The molecule has 0 unspecified atom stereocenters. The second kappa shape index (κ2) is 3.69. The summed E-state index contributed by atoms with van der Waals surface area (Å²) in [5.74, 6) is 0. The number of halogens is 1. The second-order valence-corrected chi connectivity index (χ2v) is 2.93. The van der Waals surface area contributed by atoms with E-state index in [1.54, 1.807) is 0 Å². The third-order valence-corrected chi connectivity index (χ3v) is 1.90. The zero-order valence-electron chi connectivity index (χ0n) is 5.83. The molecule has 0 aliphatic heterocycles. The molecule has 0 fully saturated rings. The van der Waals surface area contributed by atoms with E-state index in [4.69, 9.17) is 11.6 Å². The van der Waals surface area contributed by atoms with Crippen molar-refractivity contribution in [2.75, 3.05) is 0 Å². The van der Waals surface area contributed by atoms with Crippen molar-refractivity contribution < 1.29 is 9.53 Å². The quantitative estimate of drug-likeness (QED) is 0.674. The van der Waals surface area contributed by atoms with Crippen LogP contribution in [0.1, 0.15) is 12.6 Å². The molecule has 0 aliphatic rings. The molecule has 0 amide bonds. The van der Waals surface area contributed by atoms with Gasteiger partial charge in [0.15, 0.2) is 0 Å². The molecule has 11 heavy (non-hydrogen) atoms. The van der Waals surface area contributed by atoms with Gasteiger partial charge in [0.25, 0.3) is 5.19 Å². The van der Waals surface area contributed by atoms with Gasteiger partial charge in [0.1, 0.15) is 0 Å². The summed E-state index contributed by atoms with van der Waals surface area (Å²) < 4.78 is 4.53. The van der Waals surface area contributed by atoms with Gasteiger partial charge in [-0.05, 0) is 6.42 Å². The molecule has 0 N–H and O–H groups in total. The number of carbonyl (C=O) groups is 1. The van der Waals surface area contributed by atoms with Gasteiger partial charge in [-0.1, -0.05) is 18.3 Å². The molecule has 0 aromatic carbocycles. The van der Waals surface area contributed by atoms with E-state index in [1.165, 1.54) is 11.3 Å². The normalized spacial score (nSPS) is 9.64. The maximum absolute atomic E-state index is 10.2. The first-order valence-electron chi connectivity index (χ1n) is 3.04. The van der Waals surface area contributed by atoms with Crippen LogP contribution in [0.5, 0.6) is 5.19 Å². The molecule has 1 aromatic rings. The SMILES string of the molecule is CCc1csc(OC(=O)Cl)n1. The number of thiazole rings is 1. The number of aryl methyl sites for hydroxylation is 1. The van der Waals surface area contributed by atoms with E-state index >= 15 is 0 Å². The molecule has 0 saturated heterocycles. The van der Waals surface area contributed by atoms with E-state index in [2.05, 4.69) is 9.72 Å². The molecule has 0 spiro atoms. The van der Waals surface area contributed by atoms with Crippen molar-refractivity contribution in [2.24, 2.45) is 0 Å². The Labute approximate surface area is 73.0 Å². The van der Waals surface area contributed by atoms with E-state index in [9.17, 15) is 4.79 Å². The summed E-state index contributed by atoms with van der Waals surface area (Å²) in [4.78, 5) is 14.2. The number of hydrogen-bond donors (Lipinski definition) is 0. The highest BCUT2D eigenvalue weighted by Crippen LogP contribution is 2.18. The minimum Gasteiger partial charge on any atom is -0.386 e. The van der Waals surface area contributed by atoms with Crippen molar-refractivity contribution in [1.82, 2.24) is 4.98 Å². The lowest BCUT2D eigenvalue weighted by atomic mass is 10.4. The zero-order valence-corrected chi connectivity index (χ0v) is 7.41. The van der Waals surface area contributed by atoms with E-state index in [-0.39, 0.29) is 0 Å². The predicted molar refractivity (Wildman–Crippen MR) is 43.4 cm³/mol. The van der Waals surface area contributed by atoms with E-state index in [0.717, 1.165) is 12.1 Å². The average Bonchev–Trinajstić information content (AvgIpc) is 2.34. The topological polar surface area (TPSA) is 39.2 Å². The minimum atomic E-state index is -0.845. The van der Waals surface area contributed by atoms with Crippen molar-refractivity contribution in [3.8, 4) is 5.19 Å². The lowest BCUT2D eigenvalue weighted by Gasteiger charge is -1.89. The van der Waals surface area contributed by atoms with Crippen molar-refractivity contribution in [2.45, 2.75) is 13.3 Å². The monoisotopic (exact) mass is 191 g/mol. The summed E-state index contributed by atoms with van der Waals surface area (Å²) in [6.07, 6.45) is 0.830. The molecule has 0 atom stereocenters. The highest BCUT2D eigenvalue weighted by Gasteiger charge is 2.04. The fourth-order valence-corrected chi connectivity index (χ4v) is 1.44. The first-order chi connectivity index (χ1) is 5.22. The Morgan fingerprint density at radius 1 is 1.91 bits per heavy atom. The van der Waals surface area contributed by atoms with Crippen LogP contribution in [0, 0.1) is 0 Å². The molecule has 60 valence electrons. The number of carbonyl (C=O) groups excluding carboxylic acids is 1. The largest absolute Gasteiger partial charge is 0.411 e. The summed E-state index contributed by atoms with van der Waals surface area (Å²) in [7, 11) is 0. The van der Waals surface area contributed by atoms with Crippen molar-refractivity contribution in [3.63, 3.8) is 0 Å². The van der Waals surface area contributed by atoms with Crippen LogP contribution >= 0.6 is 22.9 Å². The molecular weight excluding hydrogens is 186 g/mol. The summed E-state index contributed by atoms with van der Waals surface area (Å²) in [6.45, 7) is 1.97. The second-order valence-electron chi connectivity index (χ2n) is 1.80. The van der Waals surface area contributed by atoms with Gasteiger partial charge in [0.2, 0.25) is 0 Å². The minimum absolute atomic E-state index is 0.307. The Morgan fingerprint density at radius 2 is 2.64 bits per heavy atom. The van der Waals surface area contributed by atoms with Crippen LogP contribution in [-0.4, -0.2) is 10.4 Å². The molecule has 0 aliphatic carbocycles. The van der Waals surface area contributed by atoms with Crippen LogP contribution in [0.4, 0.5) is 4.79 Å². The Kier molecular flexibility index (Phi) is 2.84. The first-order valence-corrected chi connectivity index (χ1v) is 4.30. The summed E-state index contributed by atoms with van der Waals surface area (Å²) >= 11 is 6.23. The molecule has 0 radical (unpaired) electrons. The fourth-order valence-electron chi connectivity index (χ4n) is 0.566. The first kappa shape index (κ1) is 8.49. The van der Waals surface area contributed by atoms with Gasteiger partial charge in [-0.2, -0.15) is 0 Å². The number of rotatable bonds is 2. The van der Waals surface area contributed by atoms with Crippen molar-refractivity contribution in [3.05, 3.63) is 11.1 Å². The van der Waals surface area contributed by atoms with Crippen molar-refractivity contribution in [1.29, 1.82) is 0 Å². The smallest absolute Gasteiger partial charge is 0.386 e. The molecule has 1 rings (SSSR count). The molecule has 5 heteroatoms.